The lowest BCUT2D eigenvalue weighted by Gasteiger charge is -2.31. The number of H-pyrrole nitrogens is 1. The van der Waals surface area contributed by atoms with Crippen molar-refractivity contribution in [2.75, 3.05) is 18.0 Å². The van der Waals surface area contributed by atoms with Crippen LogP contribution in [0.2, 0.25) is 0 Å². The first-order chi connectivity index (χ1) is 8.75. The van der Waals surface area contributed by atoms with E-state index in [0.717, 1.165) is 30.6 Å². The van der Waals surface area contributed by atoms with E-state index in [0.29, 0.717) is 12.2 Å². The fourth-order valence-electron chi connectivity index (χ4n) is 2.38. The maximum Gasteiger partial charge on any atom is 0.308 e. The molecule has 0 saturated carbocycles. The van der Waals surface area contributed by atoms with Crippen molar-refractivity contribution in [1.82, 2.24) is 20.2 Å². The Morgan fingerprint density at radius 1 is 1.50 bits per heavy atom. The molecule has 1 aliphatic heterocycles. The van der Waals surface area contributed by atoms with Gasteiger partial charge in [-0.15, -0.1) is 0 Å². The lowest BCUT2D eigenvalue weighted by atomic mass is 9.98. The Balaban J connectivity index is 1.94. The first kappa shape index (κ1) is 10.9. The van der Waals surface area contributed by atoms with Crippen LogP contribution in [0.5, 0.6) is 0 Å². The third-order valence-corrected chi connectivity index (χ3v) is 3.30. The van der Waals surface area contributed by atoms with Crippen molar-refractivity contribution in [1.29, 1.82) is 0 Å². The number of hydrogen-bond donors (Lipinski definition) is 2. The lowest BCUT2D eigenvalue weighted by Crippen LogP contribution is -2.39. The lowest BCUT2D eigenvalue weighted by molar-refractivity contribution is -0.141. The molecule has 2 aromatic heterocycles. The molecule has 1 saturated heterocycles. The zero-order valence-electron chi connectivity index (χ0n) is 9.70. The van der Waals surface area contributed by atoms with E-state index in [4.69, 9.17) is 5.11 Å². The van der Waals surface area contributed by atoms with E-state index in [-0.39, 0.29) is 5.92 Å². The standard InChI is InChI=1S/C11H13N5O2/c17-11(18)7-2-1-3-16(5-7)10-8-4-14-15-9(8)12-6-13-10/h4,6-7H,1-3,5H2,(H,17,18)(H,12,13,14,15). The van der Waals surface area contributed by atoms with Crippen LogP contribution < -0.4 is 4.90 Å². The van der Waals surface area contributed by atoms with Gasteiger partial charge in [0.05, 0.1) is 17.5 Å². The number of fused-ring (bicyclic) bond motifs is 1. The predicted molar refractivity (Wildman–Crippen MR) is 64.3 cm³/mol. The van der Waals surface area contributed by atoms with Crippen molar-refractivity contribution in [2.45, 2.75) is 12.8 Å². The Morgan fingerprint density at radius 3 is 3.22 bits per heavy atom. The average molecular weight is 247 g/mol. The normalized spacial score (nSPS) is 20.2. The molecule has 94 valence electrons. The molecule has 0 radical (unpaired) electrons. The predicted octanol–water partition coefficient (Wildman–Crippen LogP) is 0.654. The van der Waals surface area contributed by atoms with Gasteiger partial charge >= 0.3 is 5.97 Å². The van der Waals surface area contributed by atoms with Gasteiger partial charge in [-0.3, -0.25) is 9.89 Å². The highest BCUT2D eigenvalue weighted by Crippen LogP contribution is 2.26. The van der Waals surface area contributed by atoms with Crippen molar-refractivity contribution in [3.63, 3.8) is 0 Å². The van der Waals surface area contributed by atoms with Crippen LogP contribution in [0, 0.1) is 5.92 Å². The smallest absolute Gasteiger partial charge is 0.308 e. The van der Waals surface area contributed by atoms with Crippen LogP contribution in [0.4, 0.5) is 5.82 Å². The van der Waals surface area contributed by atoms with Gasteiger partial charge < -0.3 is 10.0 Å². The SMILES string of the molecule is O=C(O)C1CCCN(c2ncnc3[nH]ncc23)C1. The quantitative estimate of drug-likeness (QED) is 0.809. The van der Waals surface area contributed by atoms with E-state index in [1.54, 1.807) is 6.20 Å². The van der Waals surface area contributed by atoms with Gasteiger partial charge in [0.1, 0.15) is 12.1 Å². The number of carboxylic acid groups (broad SMARTS) is 1. The first-order valence-corrected chi connectivity index (χ1v) is 5.87. The third-order valence-electron chi connectivity index (χ3n) is 3.30. The number of hydrogen-bond acceptors (Lipinski definition) is 5. The van der Waals surface area contributed by atoms with Crippen LogP contribution in [-0.2, 0) is 4.79 Å². The Morgan fingerprint density at radius 2 is 2.39 bits per heavy atom. The minimum absolute atomic E-state index is 0.323. The second kappa shape index (κ2) is 4.25. The molecular formula is C11H13N5O2. The molecule has 0 bridgehead atoms. The highest BCUT2D eigenvalue weighted by molar-refractivity contribution is 5.86. The molecular weight excluding hydrogens is 234 g/mol. The number of aromatic nitrogens is 4. The summed E-state index contributed by atoms with van der Waals surface area (Å²) in [5.74, 6) is -0.299. The summed E-state index contributed by atoms with van der Waals surface area (Å²) in [5, 5.41) is 16.7. The molecule has 2 N–H and O–H groups in total. The van der Waals surface area contributed by atoms with Gasteiger partial charge in [0.15, 0.2) is 5.65 Å². The number of nitrogens with one attached hydrogen (secondary N) is 1. The molecule has 1 unspecified atom stereocenters. The monoisotopic (exact) mass is 247 g/mol. The van der Waals surface area contributed by atoms with Gasteiger partial charge in [0.25, 0.3) is 0 Å². The van der Waals surface area contributed by atoms with Crippen molar-refractivity contribution < 1.29 is 9.90 Å². The van der Waals surface area contributed by atoms with Crippen LogP contribution in [-0.4, -0.2) is 44.3 Å². The minimum Gasteiger partial charge on any atom is -0.481 e. The summed E-state index contributed by atoms with van der Waals surface area (Å²) in [6, 6.07) is 0. The summed E-state index contributed by atoms with van der Waals surface area (Å²) < 4.78 is 0. The Hall–Kier alpha value is -2.18. The van der Waals surface area contributed by atoms with E-state index >= 15 is 0 Å². The molecule has 0 spiro atoms. The second-order valence-corrected chi connectivity index (χ2v) is 4.45. The summed E-state index contributed by atoms with van der Waals surface area (Å²) in [6.07, 6.45) is 4.74. The molecule has 1 aliphatic rings. The fourth-order valence-corrected chi connectivity index (χ4v) is 2.38. The zero-order chi connectivity index (χ0) is 12.5. The molecule has 3 rings (SSSR count). The topological polar surface area (TPSA) is 95.0 Å². The summed E-state index contributed by atoms with van der Waals surface area (Å²) in [5.41, 5.74) is 0.678. The third kappa shape index (κ3) is 1.77. The molecule has 7 nitrogen and oxygen atoms in total. The largest absolute Gasteiger partial charge is 0.481 e. The van der Waals surface area contributed by atoms with Gasteiger partial charge in [0.2, 0.25) is 0 Å². The van der Waals surface area contributed by atoms with Gasteiger partial charge in [-0.1, -0.05) is 0 Å². The second-order valence-electron chi connectivity index (χ2n) is 4.45. The number of aromatic amines is 1. The molecule has 0 aliphatic carbocycles. The fraction of sp³-hybridized carbons (Fsp3) is 0.455. The molecule has 0 amide bonds. The summed E-state index contributed by atoms with van der Waals surface area (Å²) in [6.45, 7) is 1.31. The molecule has 1 atom stereocenters. The summed E-state index contributed by atoms with van der Waals surface area (Å²) in [7, 11) is 0. The molecule has 0 aromatic carbocycles. The van der Waals surface area contributed by atoms with Crippen molar-refractivity contribution in [3.8, 4) is 0 Å². The highest BCUT2D eigenvalue weighted by atomic mass is 16.4. The van der Waals surface area contributed by atoms with Gasteiger partial charge in [0, 0.05) is 13.1 Å². The van der Waals surface area contributed by atoms with Crippen LogP contribution in [0.15, 0.2) is 12.5 Å². The van der Waals surface area contributed by atoms with Crippen molar-refractivity contribution >= 4 is 22.8 Å². The zero-order valence-corrected chi connectivity index (χ0v) is 9.70. The highest BCUT2D eigenvalue weighted by Gasteiger charge is 2.27. The van der Waals surface area contributed by atoms with Crippen LogP contribution >= 0.6 is 0 Å². The minimum atomic E-state index is -0.739. The van der Waals surface area contributed by atoms with E-state index in [1.165, 1.54) is 6.33 Å². The van der Waals surface area contributed by atoms with E-state index < -0.39 is 5.97 Å². The number of piperidine rings is 1. The first-order valence-electron chi connectivity index (χ1n) is 5.87. The van der Waals surface area contributed by atoms with Crippen molar-refractivity contribution in [2.24, 2.45) is 5.92 Å². The number of anilines is 1. The number of nitrogens with zero attached hydrogens (tertiary/aromatic N) is 4. The number of carbonyl (C=O) groups is 1. The van der Waals surface area contributed by atoms with E-state index in [1.807, 2.05) is 4.90 Å². The molecule has 2 aromatic rings. The molecule has 7 heteroatoms. The van der Waals surface area contributed by atoms with E-state index in [9.17, 15) is 4.79 Å². The summed E-state index contributed by atoms with van der Waals surface area (Å²) >= 11 is 0. The van der Waals surface area contributed by atoms with Gasteiger partial charge in [-0.05, 0) is 12.8 Å². The Labute approximate surface area is 103 Å². The molecule has 18 heavy (non-hydrogen) atoms. The molecule has 3 heterocycles. The Bertz CT molecular complexity index is 582. The van der Waals surface area contributed by atoms with Crippen LogP contribution in [0.25, 0.3) is 11.0 Å². The maximum atomic E-state index is 11.1. The molecule has 1 fully saturated rings. The van der Waals surface area contributed by atoms with E-state index in [2.05, 4.69) is 20.2 Å². The van der Waals surface area contributed by atoms with Gasteiger partial charge in [-0.2, -0.15) is 5.10 Å². The Kier molecular flexibility index (Phi) is 2.58. The van der Waals surface area contributed by atoms with Crippen LogP contribution in [0.3, 0.4) is 0 Å². The number of carboxylic acids is 1. The van der Waals surface area contributed by atoms with Crippen LogP contribution in [0.1, 0.15) is 12.8 Å². The van der Waals surface area contributed by atoms with Crippen molar-refractivity contribution in [3.05, 3.63) is 12.5 Å². The maximum absolute atomic E-state index is 11.1. The average Bonchev–Trinajstić information content (AvgIpc) is 2.87. The van der Waals surface area contributed by atoms with Gasteiger partial charge in [-0.25, -0.2) is 9.97 Å². The number of aliphatic carboxylic acids is 1. The summed E-state index contributed by atoms with van der Waals surface area (Å²) in [4.78, 5) is 21.4. The number of rotatable bonds is 2.